The highest BCUT2D eigenvalue weighted by atomic mass is 35.5. The largest absolute Gasteiger partial charge is 0.411 e. The lowest BCUT2D eigenvalue weighted by Crippen LogP contribution is -2.38. The molecule has 1 fully saturated rings. The van der Waals surface area contributed by atoms with Gasteiger partial charge in [0, 0.05) is 48.6 Å². The molecule has 0 atom stereocenters. The highest BCUT2D eigenvalue weighted by Gasteiger charge is 2.23. The fraction of sp³-hybridized carbons (Fsp3) is 0.333. The molecule has 0 radical (unpaired) electrons. The molecule has 0 unspecified atom stereocenters. The molecule has 0 aliphatic carbocycles. The average molecular weight is 298 g/mol. The van der Waals surface area contributed by atoms with Crippen LogP contribution in [0.2, 0.25) is 5.02 Å². The normalized spacial score (nSPS) is 15.1. The summed E-state index contributed by atoms with van der Waals surface area (Å²) in [5.41, 5.74) is 0.621. The Morgan fingerprint density at radius 2 is 2.00 bits per heavy atom. The van der Waals surface area contributed by atoms with Gasteiger partial charge < -0.3 is 10.1 Å². The summed E-state index contributed by atoms with van der Waals surface area (Å²) in [6, 6.07) is 3.82. The van der Waals surface area contributed by atoms with E-state index in [-0.39, 0.29) is 22.2 Å². The summed E-state index contributed by atoms with van der Waals surface area (Å²) in [6.45, 7) is 0.830. The molecule has 20 heavy (non-hydrogen) atoms. The van der Waals surface area contributed by atoms with E-state index in [9.17, 15) is 14.9 Å². The van der Waals surface area contributed by atoms with Gasteiger partial charge in [0.05, 0.1) is 10.6 Å². The molecule has 1 aromatic rings. The highest BCUT2D eigenvalue weighted by molar-refractivity contribution is 6.31. The van der Waals surface area contributed by atoms with E-state index in [0.717, 1.165) is 0 Å². The van der Waals surface area contributed by atoms with Gasteiger partial charge in [-0.25, -0.2) is 0 Å². The Kier molecular flexibility index (Phi) is 4.19. The van der Waals surface area contributed by atoms with Crippen LogP contribution in [0.1, 0.15) is 23.2 Å². The number of rotatable bonds is 2. The number of amides is 1. The van der Waals surface area contributed by atoms with Crippen LogP contribution in [0.4, 0.5) is 5.69 Å². The molecular formula is C12H12ClN3O4. The predicted molar refractivity (Wildman–Crippen MR) is 72.5 cm³/mol. The smallest absolute Gasteiger partial charge is 0.271 e. The van der Waals surface area contributed by atoms with Crippen molar-refractivity contribution in [2.75, 3.05) is 13.1 Å². The SMILES string of the molecule is O=C(c1cc(Cl)cc([N+](=O)[O-])c1)N1CCC(=NO)CC1. The van der Waals surface area contributed by atoms with Gasteiger partial charge in [0.1, 0.15) is 0 Å². The zero-order valence-electron chi connectivity index (χ0n) is 10.5. The van der Waals surface area contributed by atoms with Gasteiger partial charge in [-0.1, -0.05) is 16.8 Å². The number of carbonyl (C=O) groups is 1. The fourth-order valence-electron chi connectivity index (χ4n) is 2.05. The van der Waals surface area contributed by atoms with Crippen LogP contribution >= 0.6 is 11.6 Å². The van der Waals surface area contributed by atoms with E-state index < -0.39 is 4.92 Å². The van der Waals surface area contributed by atoms with Crippen molar-refractivity contribution >= 4 is 28.9 Å². The van der Waals surface area contributed by atoms with E-state index in [1.807, 2.05) is 0 Å². The Balaban J connectivity index is 2.19. The molecular weight excluding hydrogens is 286 g/mol. The van der Waals surface area contributed by atoms with Crippen molar-refractivity contribution < 1.29 is 14.9 Å². The number of halogens is 1. The number of piperidine rings is 1. The fourth-order valence-corrected chi connectivity index (χ4v) is 2.28. The van der Waals surface area contributed by atoms with Crippen LogP contribution in [0.25, 0.3) is 0 Å². The minimum absolute atomic E-state index is 0.150. The molecule has 0 saturated carbocycles. The molecule has 1 aromatic carbocycles. The number of oxime groups is 1. The Labute approximate surface area is 119 Å². The lowest BCUT2D eigenvalue weighted by Gasteiger charge is -2.27. The average Bonchev–Trinajstić information content (AvgIpc) is 2.46. The number of non-ortho nitro benzene ring substituents is 1. The summed E-state index contributed by atoms with van der Waals surface area (Å²) in [6.07, 6.45) is 0.982. The molecule has 0 bridgehead atoms. The van der Waals surface area contributed by atoms with E-state index in [1.165, 1.54) is 18.2 Å². The summed E-state index contributed by atoms with van der Waals surface area (Å²) in [5.74, 6) is -0.312. The maximum atomic E-state index is 12.3. The molecule has 8 heteroatoms. The van der Waals surface area contributed by atoms with Crippen LogP contribution < -0.4 is 0 Å². The number of hydrogen-bond acceptors (Lipinski definition) is 5. The summed E-state index contributed by atoms with van der Waals surface area (Å²) >= 11 is 5.80. The van der Waals surface area contributed by atoms with Gasteiger partial charge in [-0.15, -0.1) is 0 Å². The standard InChI is InChI=1S/C12H12ClN3O4/c13-9-5-8(6-11(7-9)16(19)20)12(17)15-3-1-10(14-18)2-4-15/h5-7,18H,1-4H2. The Morgan fingerprint density at radius 3 is 2.55 bits per heavy atom. The first-order chi connectivity index (χ1) is 9.51. The summed E-state index contributed by atoms with van der Waals surface area (Å²) in [5, 5.41) is 22.7. The van der Waals surface area contributed by atoms with Crippen molar-refractivity contribution in [3.05, 3.63) is 38.9 Å². The first kappa shape index (κ1) is 14.3. The van der Waals surface area contributed by atoms with Gasteiger partial charge in [-0.2, -0.15) is 0 Å². The van der Waals surface area contributed by atoms with Crippen molar-refractivity contribution in [2.45, 2.75) is 12.8 Å². The maximum Gasteiger partial charge on any atom is 0.271 e. The lowest BCUT2D eigenvalue weighted by atomic mass is 10.1. The molecule has 1 amide bonds. The zero-order valence-corrected chi connectivity index (χ0v) is 11.2. The van der Waals surface area contributed by atoms with Crippen LogP contribution in [-0.2, 0) is 0 Å². The number of likely N-dealkylation sites (tertiary alicyclic amines) is 1. The second kappa shape index (κ2) is 5.87. The van der Waals surface area contributed by atoms with Crippen LogP contribution in [-0.4, -0.2) is 39.7 Å². The van der Waals surface area contributed by atoms with E-state index >= 15 is 0 Å². The molecule has 1 aliphatic rings. The third-order valence-corrected chi connectivity index (χ3v) is 3.33. The molecule has 1 heterocycles. The molecule has 2 rings (SSSR count). The summed E-state index contributed by atoms with van der Waals surface area (Å²) in [7, 11) is 0. The monoisotopic (exact) mass is 297 g/mol. The topological polar surface area (TPSA) is 96.0 Å². The van der Waals surface area contributed by atoms with E-state index in [0.29, 0.717) is 31.6 Å². The highest BCUT2D eigenvalue weighted by Crippen LogP contribution is 2.22. The Morgan fingerprint density at radius 1 is 1.35 bits per heavy atom. The molecule has 106 valence electrons. The summed E-state index contributed by atoms with van der Waals surface area (Å²) in [4.78, 5) is 24.0. The first-order valence-electron chi connectivity index (χ1n) is 5.95. The second-order valence-corrected chi connectivity index (χ2v) is 4.85. The number of benzene rings is 1. The molecule has 7 nitrogen and oxygen atoms in total. The van der Waals surface area contributed by atoms with Gasteiger partial charge in [0.2, 0.25) is 0 Å². The number of nitrogens with zero attached hydrogens (tertiary/aromatic N) is 3. The molecule has 1 aliphatic heterocycles. The van der Waals surface area contributed by atoms with Gasteiger partial charge >= 0.3 is 0 Å². The van der Waals surface area contributed by atoms with Crippen molar-refractivity contribution in [3.8, 4) is 0 Å². The van der Waals surface area contributed by atoms with Gasteiger partial charge in [-0.3, -0.25) is 14.9 Å². The summed E-state index contributed by atoms with van der Waals surface area (Å²) < 4.78 is 0. The van der Waals surface area contributed by atoms with Crippen molar-refractivity contribution in [1.82, 2.24) is 4.90 Å². The van der Waals surface area contributed by atoms with Crippen LogP contribution in [0.5, 0.6) is 0 Å². The Bertz CT molecular complexity index is 578. The Hall–Kier alpha value is -2.15. The first-order valence-corrected chi connectivity index (χ1v) is 6.33. The van der Waals surface area contributed by atoms with Crippen molar-refractivity contribution in [1.29, 1.82) is 0 Å². The molecule has 1 saturated heterocycles. The van der Waals surface area contributed by atoms with E-state index in [1.54, 1.807) is 4.90 Å². The molecule has 1 N–H and O–H groups in total. The number of nitro groups is 1. The zero-order chi connectivity index (χ0) is 14.7. The third kappa shape index (κ3) is 3.05. The quantitative estimate of drug-likeness (QED) is 0.514. The van der Waals surface area contributed by atoms with Crippen molar-refractivity contribution in [3.63, 3.8) is 0 Å². The van der Waals surface area contributed by atoms with Gasteiger partial charge in [0.15, 0.2) is 0 Å². The van der Waals surface area contributed by atoms with Gasteiger partial charge in [-0.05, 0) is 6.07 Å². The van der Waals surface area contributed by atoms with Gasteiger partial charge in [0.25, 0.3) is 11.6 Å². The minimum Gasteiger partial charge on any atom is -0.411 e. The predicted octanol–water partition coefficient (Wildman–Crippen LogP) is 2.31. The number of nitro benzene ring substituents is 1. The minimum atomic E-state index is -0.588. The number of carbonyl (C=O) groups excluding carboxylic acids is 1. The maximum absolute atomic E-state index is 12.3. The van der Waals surface area contributed by atoms with Crippen molar-refractivity contribution in [2.24, 2.45) is 5.16 Å². The molecule has 0 spiro atoms. The lowest BCUT2D eigenvalue weighted by molar-refractivity contribution is -0.384. The van der Waals surface area contributed by atoms with E-state index in [4.69, 9.17) is 16.8 Å². The second-order valence-electron chi connectivity index (χ2n) is 4.41. The molecule has 0 aromatic heterocycles. The van der Waals surface area contributed by atoms with Crippen LogP contribution in [0, 0.1) is 10.1 Å². The van der Waals surface area contributed by atoms with Crippen LogP contribution in [0.15, 0.2) is 23.4 Å². The number of hydrogen-bond donors (Lipinski definition) is 1. The van der Waals surface area contributed by atoms with Crippen LogP contribution in [0.3, 0.4) is 0 Å². The van der Waals surface area contributed by atoms with E-state index in [2.05, 4.69) is 5.16 Å². The third-order valence-electron chi connectivity index (χ3n) is 3.11.